The molecule has 3 atom stereocenters. The van der Waals surface area contributed by atoms with Crippen LogP contribution in [0, 0.1) is 11.3 Å². The largest absolute Gasteiger partial charge is 0.460 e. The van der Waals surface area contributed by atoms with E-state index in [1.807, 2.05) is 26.8 Å². The maximum atomic E-state index is 12.2. The van der Waals surface area contributed by atoms with Gasteiger partial charge >= 0.3 is 5.97 Å². The number of carbonyl (C=O) groups excluding carboxylic acids is 1. The molecule has 1 fully saturated rings. The molecule has 0 aromatic carbocycles. The first-order chi connectivity index (χ1) is 9.22. The Morgan fingerprint density at radius 3 is 2.60 bits per heavy atom. The van der Waals surface area contributed by atoms with E-state index >= 15 is 0 Å². The summed E-state index contributed by atoms with van der Waals surface area (Å²) in [5.74, 6) is -0.184. The van der Waals surface area contributed by atoms with Crippen LogP contribution < -0.4 is 0 Å². The van der Waals surface area contributed by atoms with Crippen molar-refractivity contribution in [3.05, 3.63) is 12.7 Å². The second kappa shape index (κ2) is 6.75. The van der Waals surface area contributed by atoms with Crippen molar-refractivity contribution in [2.75, 3.05) is 6.61 Å². The second-order valence-electron chi connectivity index (χ2n) is 7.09. The van der Waals surface area contributed by atoms with Crippen LogP contribution in [-0.2, 0) is 14.3 Å². The number of esters is 1. The summed E-state index contributed by atoms with van der Waals surface area (Å²) in [4.78, 5) is 12.2. The van der Waals surface area contributed by atoms with Crippen LogP contribution in [0.25, 0.3) is 0 Å². The molecule has 20 heavy (non-hydrogen) atoms. The topological polar surface area (TPSA) is 35.5 Å². The maximum Gasteiger partial charge on any atom is 0.309 e. The third-order valence-electron chi connectivity index (χ3n) is 3.94. The first-order valence-electron chi connectivity index (χ1n) is 7.70. The fourth-order valence-electron chi connectivity index (χ4n) is 2.68. The van der Waals surface area contributed by atoms with Crippen molar-refractivity contribution >= 4 is 5.97 Å². The Morgan fingerprint density at radius 2 is 2.10 bits per heavy atom. The van der Waals surface area contributed by atoms with E-state index in [0.29, 0.717) is 0 Å². The monoisotopic (exact) mass is 282 g/mol. The van der Waals surface area contributed by atoms with Gasteiger partial charge in [-0.3, -0.25) is 4.79 Å². The Hall–Kier alpha value is -0.830. The summed E-state index contributed by atoms with van der Waals surface area (Å²) in [6.45, 7) is 14.7. The van der Waals surface area contributed by atoms with Crippen molar-refractivity contribution in [1.82, 2.24) is 0 Å². The third-order valence-corrected chi connectivity index (χ3v) is 3.94. The Morgan fingerprint density at radius 1 is 1.45 bits per heavy atom. The van der Waals surface area contributed by atoms with Crippen molar-refractivity contribution in [3.8, 4) is 0 Å². The predicted octanol–water partition coefficient (Wildman–Crippen LogP) is 4.12. The van der Waals surface area contributed by atoms with Crippen LogP contribution in [0.1, 0.15) is 60.3 Å². The summed E-state index contributed by atoms with van der Waals surface area (Å²) < 4.78 is 11.5. The van der Waals surface area contributed by atoms with Gasteiger partial charge in [-0.25, -0.2) is 0 Å². The van der Waals surface area contributed by atoms with Crippen LogP contribution in [0.4, 0.5) is 0 Å². The normalized spacial score (nSPS) is 30.2. The van der Waals surface area contributed by atoms with E-state index in [9.17, 15) is 4.79 Å². The lowest BCUT2D eigenvalue weighted by molar-refractivity contribution is -0.160. The summed E-state index contributed by atoms with van der Waals surface area (Å²) in [6, 6.07) is 0. The van der Waals surface area contributed by atoms with Crippen LogP contribution in [0.3, 0.4) is 0 Å². The van der Waals surface area contributed by atoms with Gasteiger partial charge in [-0.1, -0.05) is 26.3 Å². The van der Waals surface area contributed by atoms with Gasteiger partial charge in [-0.05, 0) is 40.0 Å². The summed E-state index contributed by atoms with van der Waals surface area (Å²) >= 11 is 0. The van der Waals surface area contributed by atoms with Crippen molar-refractivity contribution in [2.45, 2.75) is 72.0 Å². The van der Waals surface area contributed by atoms with Crippen molar-refractivity contribution < 1.29 is 14.3 Å². The van der Waals surface area contributed by atoms with Crippen LogP contribution in [-0.4, -0.2) is 24.3 Å². The first-order valence-corrected chi connectivity index (χ1v) is 7.70. The maximum absolute atomic E-state index is 12.2. The fourth-order valence-corrected chi connectivity index (χ4v) is 2.68. The van der Waals surface area contributed by atoms with Gasteiger partial charge in [0.2, 0.25) is 0 Å². The average Bonchev–Trinajstić information content (AvgIpc) is 2.66. The summed E-state index contributed by atoms with van der Waals surface area (Å²) in [7, 11) is 0. The van der Waals surface area contributed by atoms with Gasteiger partial charge in [-0.2, -0.15) is 0 Å². The molecule has 1 rings (SSSR count). The molecule has 1 aliphatic carbocycles. The number of unbranched alkanes of at least 4 members (excludes halogenated alkanes) is 1. The molecule has 3 nitrogen and oxygen atoms in total. The first kappa shape index (κ1) is 17.2. The summed E-state index contributed by atoms with van der Waals surface area (Å²) in [6.07, 6.45) is 5.69. The van der Waals surface area contributed by atoms with E-state index in [1.165, 1.54) is 0 Å². The third kappa shape index (κ3) is 4.62. The SMILES string of the molecule is C=C[C@@]1(C)C[C@H](C(=O)OC(C)(C)C)C[C@H]1OCCCC. The van der Waals surface area contributed by atoms with Gasteiger partial charge in [0, 0.05) is 12.0 Å². The highest BCUT2D eigenvalue weighted by molar-refractivity contribution is 5.73. The molecule has 0 N–H and O–H groups in total. The Labute approximate surface area is 123 Å². The standard InChI is InChI=1S/C17H30O3/c1-7-9-10-19-14-11-13(12-17(14,6)8-2)15(18)20-16(3,4)5/h8,13-14H,2,7,9-12H2,1,3-6H3/t13-,14-,17+/m1/s1. The molecule has 0 aromatic heterocycles. The number of ether oxygens (including phenoxy) is 2. The summed E-state index contributed by atoms with van der Waals surface area (Å²) in [5, 5.41) is 0. The highest BCUT2D eigenvalue weighted by Gasteiger charge is 2.46. The minimum Gasteiger partial charge on any atom is -0.460 e. The fraction of sp³-hybridized carbons (Fsp3) is 0.824. The van der Waals surface area contributed by atoms with E-state index in [2.05, 4.69) is 20.4 Å². The molecule has 0 spiro atoms. The lowest BCUT2D eigenvalue weighted by Gasteiger charge is -2.27. The molecule has 1 saturated carbocycles. The van der Waals surface area contributed by atoms with Gasteiger partial charge in [0.25, 0.3) is 0 Å². The zero-order valence-electron chi connectivity index (χ0n) is 13.7. The zero-order chi connectivity index (χ0) is 15.4. The number of rotatable bonds is 6. The van der Waals surface area contributed by atoms with Gasteiger partial charge < -0.3 is 9.47 Å². The van der Waals surface area contributed by atoms with Crippen molar-refractivity contribution in [3.63, 3.8) is 0 Å². The molecule has 0 aliphatic heterocycles. The minimum atomic E-state index is -0.428. The van der Waals surface area contributed by atoms with E-state index in [0.717, 1.165) is 32.3 Å². The van der Waals surface area contributed by atoms with Crippen molar-refractivity contribution in [2.24, 2.45) is 11.3 Å². The van der Waals surface area contributed by atoms with Crippen LogP contribution in [0.5, 0.6) is 0 Å². The zero-order valence-corrected chi connectivity index (χ0v) is 13.7. The minimum absolute atomic E-state index is 0.0732. The molecule has 0 radical (unpaired) electrons. The Bertz CT molecular complexity index is 343. The highest BCUT2D eigenvalue weighted by atomic mass is 16.6. The highest BCUT2D eigenvalue weighted by Crippen LogP contribution is 2.45. The molecular weight excluding hydrogens is 252 g/mol. The van der Waals surface area contributed by atoms with Crippen LogP contribution in [0.15, 0.2) is 12.7 Å². The molecule has 0 bridgehead atoms. The van der Waals surface area contributed by atoms with E-state index in [-0.39, 0.29) is 23.4 Å². The van der Waals surface area contributed by atoms with E-state index in [4.69, 9.17) is 9.47 Å². The number of hydrogen-bond donors (Lipinski definition) is 0. The number of carbonyl (C=O) groups is 1. The van der Waals surface area contributed by atoms with Gasteiger partial charge in [0.15, 0.2) is 0 Å². The second-order valence-corrected chi connectivity index (χ2v) is 7.09. The Balaban J connectivity index is 2.65. The molecule has 0 aromatic rings. The molecular formula is C17H30O3. The molecule has 3 heteroatoms. The molecule has 0 unspecified atom stereocenters. The van der Waals surface area contributed by atoms with Gasteiger partial charge in [0.05, 0.1) is 12.0 Å². The van der Waals surface area contributed by atoms with Gasteiger partial charge in [0.1, 0.15) is 5.60 Å². The number of hydrogen-bond acceptors (Lipinski definition) is 3. The predicted molar refractivity (Wildman–Crippen MR) is 81.5 cm³/mol. The molecule has 0 amide bonds. The van der Waals surface area contributed by atoms with Crippen LogP contribution >= 0.6 is 0 Å². The smallest absolute Gasteiger partial charge is 0.309 e. The summed E-state index contributed by atoms with van der Waals surface area (Å²) in [5.41, 5.74) is -0.557. The van der Waals surface area contributed by atoms with Gasteiger partial charge in [-0.15, -0.1) is 6.58 Å². The molecule has 116 valence electrons. The van der Waals surface area contributed by atoms with Crippen LogP contribution in [0.2, 0.25) is 0 Å². The molecule has 0 saturated heterocycles. The lowest BCUT2D eigenvalue weighted by atomic mass is 9.86. The Kier molecular flexibility index (Phi) is 5.81. The lowest BCUT2D eigenvalue weighted by Crippen LogP contribution is -2.28. The van der Waals surface area contributed by atoms with E-state index < -0.39 is 5.60 Å². The average molecular weight is 282 g/mol. The van der Waals surface area contributed by atoms with E-state index in [1.54, 1.807) is 0 Å². The molecule has 0 heterocycles. The quantitative estimate of drug-likeness (QED) is 0.418. The van der Waals surface area contributed by atoms with Crippen molar-refractivity contribution in [1.29, 1.82) is 0 Å². The molecule has 1 aliphatic rings.